The van der Waals surface area contributed by atoms with Gasteiger partial charge in [0.15, 0.2) is 17.3 Å². The third-order valence-electron chi connectivity index (χ3n) is 2.73. The van der Waals surface area contributed by atoms with E-state index in [1.54, 1.807) is 12.1 Å². The number of aromatic amines is 1. The zero-order valence-electron chi connectivity index (χ0n) is 11.0. The predicted molar refractivity (Wildman–Crippen MR) is 72.2 cm³/mol. The van der Waals surface area contributed by atoms with Crippen LogP contribution < -0.4 is 20.9 Å². The van der Waals surface area contributed by atoms with Gasteiger partial charge in [0, 0.05) is 11.8 Å². The highest BCUT2D eigenvalue weighted by Crippen LogP contribution is 2.28. The summed E-state index contributed by atoms with van der Waals surface area (Å²) in [6.07, 6.45) is 1.15. The number of nitrogen functional groups attached to an aromatic ring is 1. The first kappa shape index (κ1) is 13.6. The summed E-state index contributed by atoms with van der Waals surface area (Å²) in [6.45, 7) is 0. The van der Waals surface area contributed by atoms with Crippen molar-refractivity contribution in [2.45, 2.75) is 0 Å². The molecule has 1 heterocycles. The minimum atomic E-state index is -0.605. The third kappa shape index (κ3) is 2.46. The van der Waals surface area contributed by atoms with E-state index in [1.165, 1.54) is 20.3 Å². The highest BCUT2D eigenvalue weighted by atomic mass is 16.5. The quantitative estimate of drug-likeness (QED) is 0.791. The number of H-pyrrole nitrogens is 1. The number of nitrogens with zero attached hydrogens (tertiary/aromatic N) is 1. The molecule has 0 atom stereocenters. The van der Waals surface area contributed by atoms with Gasteiger partial charge in [0.25, 0.3) is 0 Å². The number of anilines is 1. The Morgan fingerprint density at radius 1 is 1.25 bits per heavy atom. The molecular weight excluding hydrogens is 262 g/mol. The van der Waals surface area contributed by atoms with Crippen molar-refractivity contribution in [2.24, 2.45) is 0 Å². The van der Waals surface area contributed by atoms with Gasteiger partial charge in [-0.25, -0.2) is 9.78 Å². The second-order valence-electron chi connectivity index (χ2n) is 3.91. The molecule has 2 rings (SSSR count). The molecule has 2 aromatic rings. The van der Waals surface area contributed by atoms with Gasteiger partial charge >= 0.3 is 5.69 Å². The molecule has 0 saturated carbocycles. The Kier molecular flexibility index (Phi) is 3.69. The first-order valence-corrected chi connectivity index (χ1v) is 5.68. The molecule has 0 spiro atoms. The minimum absolute atomic E-state index is 0.0233. The Morgan fingerprint density at radius 3 is 2.55 bits per heavy atom. The van der Waals surface area contributed by atoms with Crippen LogP contribution in [0.1, 0.15) is 15.9 Å². The van der Waals surface area contributed by atoms with E-state index < -0.39 is 5.69 Å². The molecule has 104 valence electrons. The van der Waals surface area contributed by atoms with Crippen LogP contribution in [0.15, 0.2) is 29.2 Å². The van der Waals surface area contributed by atoms with Gasteiger partial charge in [0.2, 0.25) is 0 Å². The van der Waals surface area contributed by atoms with Crippen molar-refractivity contribution in [3.8, 4) is 11.5 Å². The van der Waals surface area contributed by atoms with Crippen molar-refractivity contribution in [1.82, 2.24) is 9.97 Å². The number of hydrogen-bond donors (Lipinski definition) is 2. The molecule has 0 saturated heterocycles. The molecule has 3 N–H and O–H groups in total. The van der Waals surface area contributed by atoms with Crippen molar-refractivity contribution in [2.75, 3.05) is 20.0 Å². The smallest absolute Gasteiger partial charge is 0.346 e. The maximum Gasteiger partial charge on any atom is 0.346 e. The van der Waals surface area contributed by atoms with Crippen molar-refractivity contribution in [1.29, 1.82) is 0 Å². The Bertz CT molecular complexity index is 709. The molecule has 0 radical (unpaired) electrons. The average Bonchev–Trinajstić information content (AvgIpc) is 2.45. The van der Waals surface area contributed by atoms with E-state index in [9.17, 15) is 9.59 Å². The molecule has 0 unspecified atom stereocenters. The van der Waals surface area contributed by atoms with Gasteiger partial charge in [-0.05, 0) is 18.2 Å². The Balaban J connectivity index is 2.45. The van der Waals surface area contributed by atoms with Crippen molar-refractivity contribution in [3.05, 3.63) is 46.0 Å². The Morgan fingerprint density at radius 2 is 1.95 bits per heavy atom. The summed E-state index contributed by atoms with van der Waals surface area (Å²) >= 11 is 0. The van der Waals surface area contributed by atoms with E-state index in [4.69, 9.17) is 15.2 Å². The summed E-state index contributed by atoms with van der Waals surface area (Å²) in [5.41, 5.74) is 5.48. The molecule has 1 aromatic carbocycles. The summed E-state index contributed by atoms with van der Waals surface area (Å²) in [7, 11) is 2.98. The second kappa shape index (κ2) is 5.43. The van der Waals surface area contributed by atoms with Crippen molar-refractivity contribution < 1.29 is 14.3 Å². The van der Waals surface area contributed by atoms with Gasteiger partial charge < -0.3 is 15.2 Å². The van der Waals surface area contributed by atoms with Crippen LogP contribution in [-0.2, 0) is 0 Å². The SMILES string of the molecule is COc1ccc(C(=O)c2cnc(=O)[nH]c2N)cc1OC. The van der Waals surface area contributed by atoms with E-state index in [-0.39, 0.29) is 17.2 Å². The average molecular weight is 275 g/mol. The molecule has 0 aliphatic carbocycles. The highest BCUT2D eigenvalue weighted by Gasteiger charge is 2.16. The maximum absolute atomic E-state index is 12.3. The van der Waals surface area contributed by atoms with Crippen LogP contribution in [0.25, 0.3) is 0 Å². The lowest BCUT2D eigenvalue weighted by molar-refractivity contribution is 0.103. The van der Waals surface area contributed by atoms with Gasteiger partial charge in [-0.1, -0.05) is 0 Å². The van der Waals surface area contributed by atoms with E-state index in [0.717, 1.165) is 6.20 Å². The van der Waals surface area contributed by atoms with Gasteiger partial charge in [-0.2, -0.15) is 0 Å². The van der Waals surface area contributed by atoms with Crippen LogP contribution >= 0.6 is 0 Å². The summed E-state index contributed by atoms with van der Waals surface area (Å²) in [5, 5.41) is 0. The molecule has 0 aliphatic heterocycles. The van der Waals surface area contributed by atoms with Crippen molar-refractivity contribution in [3.63, 3.8) is 0 Å². The van der Waals surface area contributed by atoms with Crippen molar-refractivity contribution >= 4 is 11.6 Å². The fourth-order valence-electron chi connectivity index (χ4n) is 1.72. The molecule has 0 fully saturated rings. The van der Waals surface area contributed by atoms with Crippen LogP contribution in [0, 0.1) is 0 Å². The normalized spacial score (nSPS) is 10.1. The number of nitrogens with two attached hydrogens (primary N) is 1. The van der Waals surface area contributed by atoms with Gasteiger partial charge in [-0.15, -0.1) is 0 Å². The Labute approximate surface area is 114 Å². The molecule has 0 amide bonds. The predicted octanol–water partition coefficient (Wildman–Crippen LogP) is 0.600. The number of aromatic nitrogens is 2. The molecular formula is C13H13N3O4. The molecule has 0 bridgehead atoms. The van der Waals surface area contributed by atoms with Crippen LogP contribution in [0.4, 0.5) is 5.82 Å². The number of benzene rings is 1. The second-order valence-corrected chi connectivity index (χ2v) is 3.91. The maximum atomic E-state index is 12.3. The molecule has 7 heteroatoms. The number of carbonyl (C=O) groups excluding carboxylic acids is 1. The lowest BCUT2D eigenvalue weighted by Crippen LogP contribution is -2.17. The highest BCUT2D eigenvalue weighted by molar-refractivity contribution is 6.11. The van der Waals surface area contributed by atoms with E-state index >= 15 is 0 Å². The number of ketones is 1. The van der Waals surface area contributed by atoms with Crippen LogP contribution in [-0.4, -0.2) is 30.0 Å². The topological polar surface area (TPSA) is 107 Å². The molecule has 0 aliphatic rings. The summed E-state index contributed by atoms with van der Waals surface area (Å²) < 4.78 is 10.2. The third-order valence-corrected chi connectivity index (χ3v) is 2.73. The molecule has 1 aromatic heterocycles. The fraction of sp³-hybridized carbons (Fsp3) is 0.154. The summed E-state index contributed by atoms with van der Waals surface area (Å²) in [5.74, 6) is 0.544. The van der Waals surface area contributed by atoms with Crippen LogP contribution in [0.3, 0.4) is 0 Å². The standard InChI is InChI=1S/C13H13N3O4/c1-19-9-4-3-7(5-10(9)20-2)11(17)8-6-15-13(18)16-12(8)14/h3-6H,1-2H3,(H3,14,15,16,18). The van der Waals surface area contributed by atoms with E-state index in [2.05, 4.69) is 9.97 Å². The lowest BCUT2D eigenvalue weighted by Gasteiger charge is -2.09. The zero-order chi connectivity index (χ0) is 14.7. The number of methoxy groups -OCH3 is 2. The minimum Gasteiger partial charge on any atom is -0.493 e. The fourth-order valence-corrected chi connectivity index (χ4v) is 1.72. The monoisotopic (exact) mass is 275 g/mol. The molecule has 20 heavy (non-hydrogen) atoms. The van der Waals surface area contributed by atoms with Crippen LogP contribution in [0.5, 0.6) is 11.5 Å². The number of ether oxygens (including phenoxy) is 2. The number of rotatable bonds is 4. The number of carbonyl (C=O) groups is 1. The van der Waals surface area contributed by atoms with Gasteiger partial charge in [0.05, 0.1) is 19.8 Å². The number of hydrogen-bond acceptors (Lipinski definition) is 6. The van der Waals surface area contributed by atoms with Gasteiger partial charge in [-0.3, -0.25) is 9.78 Å². The molecule has 7 nitrogen and oxygen atoms in total. The Hall–Kier alpha value is -2.83. The largest absolute Gasteiger partial charge is 0.493 e. The van der Waals surface area contributed by atoms with E-state index in [0.29, 0.717) is 17.1 Å². The van der Waals surface area contributed by atoms with E-state index in [1.807, 2.05) is 0 Å². The first-order valence-electron chi connectivity index (χ1n) is 5.68. The van der Waals surface area contributed by atoms with Gasteiger partial charge in [0.1, 0.15) is 5.82 Å². The summed E-state index contributed by atoms with van der Waals surface area (Å²) in [6, 6.07) is 4.72. The zero-order valence-corrected chi connectivity index (χ0v) is 11.0. The van der Waals surface area contributed by atoms with Crippen LogP contribution in [0.2, 0.25) is 0 Å². The lowest BCUT2D eigenvalue weighted by atomic mass is 10.0. The number of nitrogens with one attached hydrogen (secondary N) is 1. The first-order chi connectivity index (χ1) is 9.56. The summed E-state index contributed by atoms with van der Waals surface area (Å²) in [4.78, 5) is 29.1.